The van der Waals surface area contributed by atoms with E-state index in [4.69, 9.17) is 9.84 Å². The number of aliphatic hydroxyl groups is 2. The summed E-state index contributed by atoms with van der Waals surface area (Å²) < 4.78 is 58.5. The lowest BCUT2D eigenvalue weighted by atomic mass is 10.1. The molecule has 1 aliphatic carbocycles. The van der Waals surface area contributed by atoms with Crippen molar-refractivity contribution in [2.24, 2.45) is 4.99 Å². The van der Waals surface area contributed by atoms with Crippen molar-refractivity contribution in [3.63, 3.8) is 0 Å². The van der Waals surface area contributed by atoms with E-state index in [-0.39, 0.29) is 19.3 Å². The summed E-state index contributed by atoms with van der Waals surface area (Å²) in [6.45, 7) is 1.25. The molecule has 0 saturated heterocycles. The van der Waals surface area contributed by atoms with Crippen LogP contribution in [-0.2, 0) is 9.53 Å². The van der Waals surface area contributed by atoms with Gasteiger partial charge >= 0.3 is 5.97 Å². The van der Waals surface area contributed by atoms with E-state index in [2.05, 4.69) is 4.99 Å². The van der Waals surface area contributed by atoms with E-state index in [0.29, 0.717) is 19.3 Å². The molecule has 0 spiro atoms. The average molecular weight is 375 g/mol. The monoisotopic (exact) mass is 375 g/mol. The molecule has 0 aromatic heterocycles. The first kappa shape index (κ1) is 19.9. The number of esters is 1. The molecular weight excluding hydrogens is 358 g/mol. The minimum atomic E-state index is -2.12. The van der Waals surface area contributed by atoms with Crippen LogP contribution in [0.2, 0.25) is 0 Å². The maximum Gasteiger partial charge on any atom is 0.343 e. The second-order valence-electron chi connectivity index (χ2n) is 5.79. The first-order valence-corrected chi connectivity index (χ1v) is 7.86. The minimum absolute atomic E-state index is 0.0835. The minimum Gasteiger partial charge on any atom is -0.506 e. The van der Waals surface area contributed by atoms with Crippen LogP contribution in [0.3, 0.4) is 0 Å². The molecule has 1 saturated carbocycles. The van der Waals surface area contributed by atoms with Crippen LogP contribution in [0.5, 0.6) is 0 Å². The van der Waals surface area contributed by atoms with E-state index in [0.717, 1.165) is 6.21 Å². The maximum atomic E-state index is 13.9. The summed E-state index contributed by atoms with van der Waals surface area (Å²) >= 11 is 0. The highest BCUT2D eigenvalue weighted by molar-refractivity contribution is 6.15. The Hall–Kier alpha value is -2.42. The molecule has 0 atom stereocenters. The molecule has 1 fully saturated rings. The first-order chi connectivity index (χ1) is 12.3. The molecule has 0 unspecified atom stereocenters. The van der Waals surface area contributed by atoms with Crippen molar-refractivity contribution in [1.29, 1.82) is 0 Å². The molecule has 0 aliphatic heterocycles. The lowest BCUT2D eigenvalue weighted by molar-refractivity contribution is -0.137. The summed E-state index contributed by atoms with van der Waals surface area (Å²) in [7, 11) is 0. The molecule has 142 valence electrons. The molecular formula is C17H17F4NO4. The summed E-state index contributed by atoms with van der Waals surface area (Å²) in [5.74, 6) is -9.98. The highest BCUT2D eigenvalue weighted by atomic mass is 19.2. The van der Waals surface area contributed by atoms with E-state index in [1.54, 1.807) is 0 Å². The SMILES string of the molecule is CCOC(=O)/C(C=NC1(CCO)CC1)=C(\O)c1cc(F)c(F)c(F)c1F. The Morgan fingerprint density at radius 2 is 1.92 bits per heavy atom. The van der Waals surface area contributed by atoms with Crippen LogP contribution in [0.25, 0.3) is 5.76 Å². The average Bonchev–Trinajstić information content (AvgIpc) is 3.36. The number of hydrogen-bond acceptors (Lipinski definition) is 5. The number of rotatable bonds is 7. The molecule has 2 rings (SSSR count). The number of nitrogens with zero attached hydrogens (tertiary/aromatic N) is 1. The molecule has 9 heteroatoms. The molecule has 0 radical (unpaired) electrons. The van der Waals surface area contributed by atoms with E-state index in [1.165, 1.54) is 6.92 Å². The third kappa shape index (κ3) is 4.04. The van der Waals surface area contributed by atoms with E-state index in [9.17, 15) is 27.5 Å². The Balaban J connectivity index is 2.53. The molecule has 0 bridgehead atoms. The summed E-state index contributed by atoms with van der Waals surface area (Å²) in [6.07, 6.45) is 2.49. The van der Waals surface area contributed by atoms with Gasteiger partial charge in [-0.15, -0.1) is 0 Å². The van der Waals surface area contributed by atoms with Crippen LogP contribution in [0.15, 0.2) is 16.6 Å². The summed E-state index contributed by atoms with van der Waals surface area (Å²) in [5.41, 5.74) is -2.28. The smallest absolute Gasteiger partial charge is 0.343 e. The normalized spacial score (nSPS) is 16.5. The molecule has 26 heavy (non-hydrogen) atoms. The fourth-order valence-electron chi connectivity index (χ4n) is 2.31. The van der Waals surface area contributed by atoms with Gasteiger partial charge in [0.2, 0.25) is 0 Å². The highest BCUT2D eigenvalue weighted by Gasteiger charge is 2.41. The third-order valence-electron chi connectivity index (χ3n) is 3.98. The molecule has 2 N–H and O–H groups in total. The van der Waals surface area contributed by atoms with Gasteiger partial charge < -0.3 is 14.9 Å². The maximum absolute atomic E-state index is 13.9. The Morgan fingerprint density at radius 1 is 1.27 bits per heavy atom. The van der Waals surface area contributed by atoms with Gasteiger partial charge in [0.25, 0.3) is 0 Å². The van der Waals surface area contributed by atoms with Crippen molar-refractivity contribution in [2.75, 3.05) is 13.2 Å². The molecule has 5 nitrogen and oxygen atoms in total. The van der Waals surface area contributed by atoms with Crippen molar-refractivity contribution in [1.82, 2.24) is 0 Å². The number of hydrogen-bond donors (Lipinski definition) is 2. The number of benzene rings is 1. The van der Waals surface area contributed by atoms with Gasteiger partial charge in [-0.05, 0) is 32.3 Å². The molecule has 1 aromatic carbocycles. The third-order valence-corrected chi connectivity index (χ3v) is 3.98. The summed E-state index contributed by atoms with van der Waals surface area (Å²) in [5, 5.41) is 19.2. The van der Waals surface area contributed by atoms with Gasteiger partial charge in [0.15, 0.2) is 23.3 Å². The van der Waals surface area contributed by atoms with Gasteiger partial charge in [-0.2, -0.15) is 0 Å². The van der Waals surface area contributed by atoms with Crippen LogP contribution in [-0.4, -0.2) is 41.1 Å². The Kier molecular flexibility index (Phi) is 6.01. The van der Waals surface area contributed by atoms with Gasteiger partial charge in [-0.1, -0.05) is 0 Å². The van der Waals surface area contributed by atoms with E-state index in [1.807, 2.05) is 0 Å². The topological polar surface area (TPSA) is 79.1 Å². The van der Waals surface area contributed by atoms with Gasteiger partial charge in [0, 0.05) is 12.8 Å². The fraction of sp³-hybridized carbons (Fsp3) is 0.412. The van der Waals surface area contributed by atoms with Gasteiger partial charge in [-0.3, -0.25) is 4.99 Å². The predicted octanol–water partition coefficient (Wildman–Crippen LogP) is 3.06. The van der Waals surface area contributed by atoms with Crippen LogP contribution < -0.4 is 0 Å². The summed E-state index contributed by atoms with van der Waals surface area (Å²) in [6, 6.07) is 0.233. The number of ether oxygens (including phenoxy) is 1. The van der Waals surface area contributed by atoms with Crippen LogP contribution in [0.1, 0.15) is 31.7 Å². The van der Waals surface area contributed by atoms with E-state index < -0.39 is 51.7 Å². The van der Waals surface area contributed by atoms with Crippen LogP contribution in [0, 0.1) is 23.3 Å². The fourth-order valence-corrected chi connectivity index (χ4v) is 2.31. The number of carbonyl (C=O) groups is 1. The standard InChI is InChI=1S/C17H17F4NO4/c1-2-26-16(25)10(8-22-17(3-4-17)5-6-23)15(24)9-7-11(18)13(20)14(21)12(9)19/h7-8,23-24H,2-6H2,1H3/b15-10-,22-8?. The van der Waals surface area contributed by atoms with Gasteiger partial charge in [0.1, 0.15) is 11.3 Å². The largest absolute Gasteiger partial charge is 0.506 e. The highest BCUT2D eigenvalue weighted by Crippen LogP contribution is 2.42. The second-order valence-corrected chi connectivity index (χ2v) is 5.79. The number of aliphatic hydroxyl groups excluding tert-OH is 2. The van der Waals surface area contributed by atoms with Crippen LogP contribution >= 0.6 is 0 Å². The van der Waals surface area contributed by atoms with Crippen molar-refractivity contribution < 1.29 is 37.3 Å². The number of carbonyl (C=O) groups excluding carboxylic acids is 1. The second kappa shape index (κ2) is 7.86. The van der Waals surface area contributed by atoms with Crippen LogP contribution in [0.4, 0.5) is 17.6 Å². The quantitative estimate of drug-likeness (QED) is 0.146. The zero-order valence-corrected chi connectivity index (χ0v) is 13.9. The van der Waals surface area contributed by atoms with Crippen molar-refractivity contribution in [2.45, 2.75) is 31.7 Å². The van der Waals surface area contributed by atoms with Crippen molar-refractivity contribution in [3.05, 3.63) is 40.5 Å². The Morgan fingerprint density at radius 3 is 2.46 bits per heavy atom. The van der Waals surface area contributed by atoms with Crippen molar-refractivity contribution >= 4 is 17.9 Å². The number of aliphatic imine (C=N–C) groups is 1. The van der Waals surface area contributed by atoms with Gasteiger partial charge in [0.05, 0.1) is 17.7 Å². The predicted molar refractivity (Wildman–Crippen MR) is 84.6 cm³/mol. The zero-order chi connectivity index (χ0) is 19.5. The Labute approximate surface area is 146 Å². The van der Waals surface area contributed by atoms with E-state index >= 15 is 0 Å². The molecule has 1 aromatic rings. The first-order valence-electron chi connectivity index (χ1n) is 7.86. The molecule has 0 heterocycles. The van der Waals surface area contributed by atoms with Gasteiger partial charge in [-0.25, -0.2) is 22.4 Å². The molecule has 1 aliphatic rings. The molecule has 0 amide bonds. The Bertz CT molecular complexity index is 773. The van der Waals surface area contributed by atoms with Crippen molar-refractivity contribution in [3.8, 4) is 0 Å². The number of halogens is 4. The lowest BCUT2D eigenvalue weighted by Gasteiger charge is -2.11. The lowest BCUT2D eigenvalue weighted by Crippen LogP contribution is -2.15. The summed E-state index contributed by atoms with van der Waals surface area (Å²) in [4.78, 5) is 16.1. The zero-order valence-electron chi connectivity index (χ0n) is 13.9.